The van der Waals surface area contributed by atoms with Gasteiger partial charge in [0.15, 0.2) is 0 Å². The van der Waals surface area contributed by atoms with E-state index in [2.05, 4.69) is 4.74 Å². The second kappa shape index (κ2) is 6.56. The molecule has 0 aromatic rings. The summed E-state index contributed by atoms with van der Waals surface area (Å²) in [6.07, 6.45) is -4.69. The van der Waals surface area contributed by atoms with E-state index in [0.717, 1.165) is 25.3 Å². The predicted octanol–water partition coefficient (Wildman–Crippen LogP) is -2.64. The van der Waals surface area contributed by atoms with Gasteiger partial charge in [-0.3, -0.25) is 4.79 Å². The summed E-state index contributed by atoms with van der Waals surface area (Å²) >= 11 is 0. The minimum Gasteiger partial charge on any atom is -0.508 e. The molecule has 1 saturated heterocycles. The molecule has 1 heterocycles. The lowest BCUT2D eigenvalue weighted by Crippen LogP contribution is -2.67. The molecule has 0 radical (unpaired) electrons. The number of carbonyl (C=O) groups is 1. The Labute approximate surface area is 131 Å². The van der Waals surface area contributed by atoms with Crippen molar-refractivity contribution < 1.29 is 44.9 Å². The minimum absolute atomic E-state index is 0.297. The number of rotatable bonds is 3. The van der Waals surface area contributed by atoms with Crippen molar-refractivity contribution in [3.63, 3.8) is 0 Å². The molecule has 9 nitrogen and oxygen atoms in total. The second-order valence-corrected chi connectivity index (χ2v) is 5.56. The molecule has 0 aromatic heterocycles. The first kappa shape index (κ1) is 17.9. The average Bonchev–Trinajstić information content (AvgIpc) is 2.54. The van der Waals surface area contributed by atoms with Gasteiger partial charge in [-0.1, -0.05) is 0 Å². The Bertz CT molecular complexity index is 514. The van der Waals surface area contributed by atoms with Crippen LogP contribution in [0.3, 0.4) is 0 Å². The number of carbonyl (C=O) groups excluding carboxylic acids is 1. The van der Waals surface area contributed by atoms with Gasteiger partial charge in [-0.15, -0.1) is 0 Å². The van der Waals surface area contributed by atoms with Crippen LogP contribution in [0.2, 0.25) is 0 Å². The van der Waals surface area contributed by atoms with E-state index in [4.69, 9.17) is 4.74 Å². The van der Waals surface area contributed by atoms with Crippen molar-refractivity contribution in [2.75, 3.05) is 13.7 Å². The summed E-state index contributed by atoms with van der Waals surface area (Å²) in [6.45, 7) is -0.675. The van der Waals surface area contributed by atoms with E-state index in [1.54, 1.807) is 0 Å². The molecule has 2 aliphatic rings. The van der Waals surface area contributed by atoms with Crippen molar-refractivity contribution in [2.24, 2.45) is 5.92 Å². The van der Waals surface area contributed by atoms with E-state index < -0.39 is 54.6 Å². The summed E-state index contributed by atoms with van der Waals surface area (Å²) < 4.78 is 9.88. The Kier molecular flexibility index (Phi) is 5.09. The van der Waals surface area contributed by atoms with E-state index in [0.29, 0.717) is 0 Å². The Morgan fingerprint density at radius 3 is 2.52 bits per heavy atom. The van der Waals surface area contributed by atoms with Gasteiger partial charge in [-0.05, 0) is 18.2 Å². The fraction of sp³-hybridized carbons (Fsp3) is 0.643. The van der Waals surface area contributed by atoms with Crippen LogP contribution in [0.5, 0.6) is 0 Å². The highest BCUT2D eigenvalue weighted by atomic mass is 16.6. The first-order valence-electron chi connectivity index (χ1n) is 6.97. The van der Waals surface area contributed by atoms with Crippen molar-refractivity contribution in [1.82, 2.24) is 0 Å². The highest BCUT2D eigenvalue weighted by Crippen LogP contribution is 2.37. The Morgan fingerprint density at radius 1 is 1.30 bits per heavy atom. The van der Waals surface area contributed by atoms with Crippen LogP contribution < -0.4 is 0 Å². The van der Waals surface area contributed by atoms with Crippen LogP contribution in [0.25, 0.3) is 0 Å². The highest BCUT2D eigenvalue weighted by Gasteiger charge is 2.56. The summed E-state index contributed by atoms with van der Waals surface area (Å²) in [5.41, 5.74) is -2.16. The van der Waals surface area contributed by atoms with E-state index in [1.807, 2.05) is 0 Å². The van der Waals surface area contributed by atoms with Crippen LogP contribution in [0.4, 0.5) is 0 Å². The fourth-order valence-electron chi connectivity index (χ4n) is 2.82. The minimum atomic E-state index is -2.16. The maximum atomic E-state index is 11.9. The molecular weight excluding hydrogens is 312 g/mol. The molecule has 9 heteroatoms. The van der Waals surface area contributed by atoms with Crippen LogP contribution in [0.1, 0.15) is 0 Å². The summed E-state index contributed by atoms with van der Waals surface area (Å²) in [7, 11) is 1.08. The summed E-state index contributed by atoms with van der Waals surface area (Å²) in [6, 6.07) is 0. The zero-order chi connectivity index (χ0) is 17.4. The van der Waals surface area contributed by atoms with E-state index in [1.165, 1.54) is 0 Å². The molecule has 6 N–H and O–H groups in total. The normalized spacial score (nSPS) is 43.8. The molecule has 0 amide bonds. The molecule has 0 saturated carbocycles. The summed E-state index contributed by atoms with van der Waals surface area (Å²) in [4.78, 5) is 11.9. The number of hydrogen-bond donors (Lipinski definition) is 6. The lowest BCUT2D eigenvalue weighted by molar-refractivity contribution is -0.267. The van der Waals surface area contributed by atoms with Crippen molar-refractivity contribution >= 4 is 5.97 Å². The van der Waals surface area contributed by atoms with Crippen LogP contribution in [-0.4, -0.2) is 86.4 Å². The largest absolute Gasteiger partial charge is 0.508 e. The van der Waals surface area contributed by atoms with Crippen molar-refractivity contribution in [3.05, 3.63) is 24.0 Å². The number of hydrogen-bond acceptors (Lipinski definition) is 9. The number of methoxy groups -OCH3 is 1. The summed E-state index contributed by atoms with van der Waals surface area (Å²) in [5.74, 6) is -2.62. The molecule has 2 rings (SSSR count). The molecular formula is C14H20O9. The number of aliphatic hydroxyl groups is 6. The van der Waals surface area contributed by atoms with Crippen molar-refractivity contribution in [1.29, 1.82) is 0 Å². The first-order valence-corrected chi connectivity index (χ1v) is 6.97. The Hall–Kier alpha value is -1.49. The topological polar surface area (TPSA) is 157 Å². The zero-order valence-electron chi connectivity index (χ0n) is 12.3. The van der Waals surface area contributed by atoms with Gasteiger partial charge in [0.25, 0.3) is 0 Å². The van der Waals surface area contributed by atoms with E-state index in [9.17, 15) is 35.4 Å². The van der Waals surface area contributed by atoms with E-state index in [-0.39, 0.29) is 5.76 Å². The Morgan fingerprint density at radius 2 is 1.96 bits per heavy atom. The zero-order valence-corrected chi connectivity index (χ0v) is 12.3. The van der Waals surface area contributed by atoms with E-state index >= 15 is 0 Å². The molecule has 0 bridgehead atoms. The monoisotopic (exact) mass is 332 g/mol. The number of esters is 1. The quantitative estimate of drug-likeness (QED) is 0.304. The second-order valence-electron chi connectivity index (χ2n) is 5.56. The van der Waals surface area contributed by atoms with Crippen LogP contribution in [0, 0.1) is 5.92 Å². The van der Waals surface area contributed by atoms with Crippen LogP contribution in [0.15, 0.2) is 24.0 Å². The number of aliphatic hydroxyl groups excluding tert-OH is 5. The molecule has 7 atom stereocenters. The highest BCUT2D eigenvalue weighted by molar-refractivity contribution is 5.77. The van der Waals surface area contributed by atoms with Gasteiger partial charge >= 0.3 is 5.97 Å². The maximum absolute atomic E-state index is 11.9. The van der Waals surface area contributed by atoms with Crippen LogP contribution >= 0.6 is 0 Å². The SMILES string of the molecule is COC(=O)C1C=C(O)C=CC1(O)[C@@H]1O[C@H](CO)[C@@H](O)[C@H](O)[C@H]1O. The maximum Gasteiger partial charge on any atom is 0.316 e. The molecule has 1 aliphatic heterocycles. The van der Waals surface area contributed by atoms with Crippen LogP contribution in [-0.2, 0) is 14.3 Å². The average molecular weight is 332 g/mol. The molecule has 0 aromatic carbocycles. The molecule has 0 spiro atoms. The number of ether oxygens (including phenoxy) is 2. The third kappa shape index (κ3) is 2.99. The molecule has 1 aliphatic carbocycles. The van der Waals surface area contributed by atoms with Gasteiger partial charge in [0.2, 0.25) is 0 Å². The fourth-order valence-corrected chi connectivity index (χ4v) is 2.82. The predicted molar refractivity (Wildman–Crippen MR) is 74.1 cm³/mol. The molecule has 2 unspecified atom stereocenters. The van der Waals surface area contributed by atoms with Gasteiger partial charge in [0.1, 0.15) is 47.8 Å². The molecule has 23 heavy (non-hydrogen) atoms. The third-order valence-corrected chi connectivity index (χ3v) is 4.16. The Balaban J connectivity index is 2.40. The molecule has 130 valence electrons. The smallest absolute Gasteiger partial charge is 0.316 e. The van der Waals surface area contributed by atoms with Gasteiger partial charge in [-0.2, -0.15) is 0 Å². The van der Waals surface area contributed by atoms with Crippen molar-refractivity contribution in [3.8, 4) is 0 Å². The van der Waals surface area contributed by atoms with Gasteiger partial charge in [-0.25, -0.2) is 0 Å². The number of allylic oxidation sites excluding steroid dienone is 1. The lowest BCUT2D eigenvalue weighted by Gasteiger charge is -2.47. The third-order valence-electron chi connectivity index (χ3n) is 4.16. The van der Waals surface area contributed by atoms with Gasteiger partial charge in [0, 0.05) is 0 Å². The van der Waals surface area contributed by atoms with Gasteiger partial charge in [0.05, 0.1) is 13.7 Å². The first-order chi connectivity index (χ1) is 10.8. The standard InChI is InChI=1S/C14H20O9/c1-22-13(20)7-4-6(16)2-3-14(7,21)12-11(19)10(18)9(17)8(5-15)23-12/h2-4,7-12,15-19,21H,5H2,1H3/t7?,8-,9-,10+,11-,12-,14?/m1/s1. The summed E-state index contributed by atoms with van der Waals surface area (Å²) in [5, 5.41) is 59.4. The molecule has 1 fully saturated rings. The lowest BCUT2D eigenvalue weighted by atomic mass is 9.74. The van der Waals surface area contributed by atoms with Gasteiger partial charge < -0.3 is 40.1 Å². The van der Waals surface area contributed by atoms with Crippen molar-refractivity contribution in [2.45, 2.75) is 36.1 Å².